The van der Waals surface area contributed by atoms with E-state index in [0.29, 0.717) is 11.5 Å². The summed E-state index contributed by atoms with van der Waals surface area (Å²) in [5.41, 5.74) is 11.2. The maximum Gasteiger partial charge on any atom is 0.236 e. The monoisotopic (exact) mass is 671 g/mol. The van der Waals surface area contributed by atoms with Crippen molar-refractivity contribution in [2.24, 2.45) is 0 Å². The molecule has 0 saturated carbocycles. The summed E-state index contributed by atoms with van der Waals surface area (Å²) in [6.07, 6.45) is 0. The number of para-hydroxylation sites is 2. The van der Waals surface area contributed by atoms with Crippen molar-refractivity contribution in [3.8, 4) is 28.3 Å². The molecule has 0 unspecified atom stereocenters. The normalized spacial score (nSPS) is 12.1. The summed E-state index contributed by atoms with van der Waals surface area (Å²) in [6.45, 7) is 4.46. The van der Waals surface area contributed by atoms with Gasteiger partial charge in [-0.1, -0.05) is 103 Å². The quantitative estimate of drug-likeness (QED) is 0.188. The SMILES string of the molecule is Cc1ccccc1-c1c(C)c2c(c3ccccc13)c1ccccc1n2-c1nc(-c2ccc3sc4ccccc4c3c2)c2oc3ccccc3c2n1. The fourth-order valence-electron chi connectivity index (χ4n) is 8.26. The van der Waals surface area contributed by atoms with Crippen LogP contribution in [0.25, 0.3) is 103 Å². The number of nitrogens with zero attached hydrogens (tertiary/aromatic N) is 3. The highest BCUT2D eigenvalue weighted by atomic mass is 32.1. The number of hydrogen-bond acceptors (Lipinski definition) is 4. The van der Waals surface area contributed by atoms with Gasteiger partial charge in [0.25, 0.3) is 0 Å². The molecule has 0 spiro atoms. The van der Waals surface area contributed by atoms with E-state index in [-0.39, 0.29) is 0 Å². The van der Waals surface area contributed by atoms with Crippen LogP contribution in [-0.4, -0.2) is 14.5 Å². The number of rotatable bonds is 3. The maximum absolute atomic E-state index is 6.61. The van der Waals surface area contributed by atoms with Crippen LogP contribution in [0.4, 0.5) is 0 Å². The molecule has 4 heterocycles. The summed E-state index contributed by atoms with van der Waals surface area (Å²) >= 11 is 1.82. The molecule has 11 rings (SSSR count). The summed E-state index contributed by atoms with van der Waals surface area (Å²) < 4.78 is 11.4. The van der Waals surface area contributed by atoms with Crippen LogP contribution in [-0.2, 0) is 0 Å². The summed E-state index contributed by atoms with van der Waals surface area (Å²) in [5.74, 6) is 0.625. The van der Waals surface area contributed by atoms with Crippen LogP contribution in [0, 0.1) is 13.8 Å². The molecule has 0 N–H and O–H groups in total. The predicted octanol–water partition coefficient (Wildman–Crippen LogP) is 12.9. The zero-order valence-corrected chi connectivity index (χ0v) is 28.8. The third-order valence-corrected chi connectivity index (χ3v) is 11.7. The van der Waals surface area contributed by atoms with Crippen molar-refractivity contribution >= 4 is 86.2 Å². The molecular formula is C46H29N3OS. The van der Waals surface area contributed by atoms with E-state index >= 15 is 0 Å². The van der Waals surface area contributed by atoms with E-state index < -0.39 is 0 Å². The Balaban J connectivity index is 1.30. The number of benzene rings is 7. The number of thiophene rings is 1. The van der Waals surface area contributed by atoms with Crippen LogP contribution in [0.2, 0.25) is 0 Å². The molecule has 11 aromatic rings. The van der Waals surface area contributed by atoms with Crippen molar-refractivity contribution in [1.82, 2.24) is 14.5 Å². The van der Waals surface area contributed by atoms with Gasteiger partial charge in [0.1, 0.15) is 16.8 Å². The molecule has 51 heavy (non-hydrogen) atoms. The van der Waals surface area contributed by atoms with Gasteiger partial charge in [0.2, 0.25) is 5.95 Å². The molecular weight excluding hydrogens is 643 g/mol. The number of fused-ring (bicyclic) bond motifs is 11. The first-order chi connectivity index (χ1) is 25.1. The van der Waals surface area contributed by atoms with Crippen LogP contribution >= 0.6 is 11.3 Å². The van der Waals surface area contributed by atoms with Gasteiger partial charge >= 0.3 is 0 Å². The zero-order valence-electron chi connectivity index (χ0n) is 27.9. The van der Waals surface area contributed by atoms with Crippen LogP contribution < -0.4 is 0 Å². The van der Waals surface area contributed by atoms with E-state index in [4.69, 9.17) is 14.4 Å². The van der Waals surface area contributed by atoms with E-state index in [1.165, 1.54) is 64.0 Å². The number of hydrogen-bond donors (Lipinski definition) is 0. The molecule has 0 atom stereocenters. The van der Waals surface area contributed by atoms with E-state index in [0.717, 1.165) is 38.8 Å². The third kappa shape index (κ3) is 4.01. The van der Waals surface area contributed by atoms with E-state index in [1.807, 2.05) is 29.5 Å². The minimum atomic E-state index is 0.625. The largest absolute Gasteiger partial charge is 0.452 e. The summed E-state index contributed by atoms with van der Waals surface area (Å²) in [4.78, 5) is 10.9. The molecule has 5 heteroatoms. The van der Waals surface area contributed by atoms with E-state index in [9.17, 15) is 0 Å². The second-order valence-electron chi connectivity index (χ2n) is 13.4. The van der Waals surface area contributed by atoms with Crippen molar-refractivity contribution in [3.05, 3.63) is 151 Å². The Hall–Kier alpha value is -6.30. The van der Waals surface area contributed by atoms with Crippen molar-refractivity contribution in [1.29, 1.82) is 0 Å². The number of furan rings is 1. The van der Waals surface area contributed by atoms with Gasteiger partial charge in [0.15, 0.2) is 5.58 Å². The molecule has 7 aromatic carbocycles. The van der Waals surface area contributed by atoms with Crippen LogP contribution in [0.5, 0.6) is 0 Å². The van der Waals surface area contributed by atoms with Gasteiger partial charge in [0, 0.05) is 41.9 Å². The van der Waals surface area contributed by atoms with Gasteiger partial charge in [-0.25, -0.2) is 9.97 Å². The summed E-state index contributed by atoms with van der Waals surface area (Å²) in [5, 5.41) is 8.30. The topological polar surface area (TPSA) is 43.9 Å². The van der Waals surface area contributed by atoms with E-state index in [2.05, 4.69) is 140 Å². The van der Waals surface area contributed by atoms with Crippen molar-refractivity contribution in [2.45, 2.75) is 13.8 Å². The van der Waals surface area contributed by atoms with Crippen LogP contribution in [0.3, 0.4) is 0 Å². The molecule has 4 nitrogen and oxygen atoms in total. The number of aryl methyl sites for hydroxylation is 2. The maximum atomic E-state index is 6.61. The fourth-order valence-corrected chi connectivity index (χ4v) is 9.35. The Morgan fingerprint density at radius 2 is 1.27 bits per heavy atom. The van der Waals surface area contributed by atoms with Crippen LogP contribution in [0.1, 0.15) is 11.1 Å². The summed E-state index contributed by atoms with van der Waals surface area (Å²) in [6, 6.07) is 49.6. The molecule has 4 aromatic heterocycles. The molecule has 0 radical (unpaired) electrons. The Labute approximate surface area is 296 Å². The Bertz CT molecular complexity index is 3230. The highest BCUT2D eigenvalue weighted by Crippen LogP contribution is 2.45. The van der Waals surface area contributed by atoms with Gasteiger partial charge in [-0.05, 0) is 83.3 Å². The van der Waals surface area contributed by atoms with Gasteiger partial charge in [-0.15, -0.1) is 11.3 Å². The first kappa shape index (κ1) is 28.5. The Morgan fingerprint density at radius 1 is 0.588 bits per heavy atom. The first-order valence-electron chi connectivity index (χ1n) is 17.3. The lowest BCUT2D eigenvalue weighted by Gasteiger charge is -2.17. The molecule has 0 aliphatic carbocycles. The third-order valence-electron chi connectivity index (χ3n) is 10.5. The number of aromatic nitrogens is 3. The smallest absolute Gasteiger partial charge is 0.236 e. The standard InChI is InChI=1S/C46H29N3OS/c1-26-13-3-4-14-29(26)40-27(2)44-41(32-17-6-5-16-31(32)40)33-18-7-10-20-36(33)49(44)46-47-42(45-43(48-46)34-19-8-11-21-37(34)50-45)28-23-24-39-35(25-28)30-15-9-12-22-38(30)51-39/h3-25H,1-2H3. The molecule has 240 valence electrons. The van der Waals surface area contributed by atoms with Gasteiger partial charge in [0.05, 0.1) is 11.0 Å². The fraction of sp³-hybridized carbons (Fsp3) is 0.0435. The Morgan fingerprint density at radius 3 is 2.14 bits per heavy atom. The lowest BCUT2D eigenvalue weighted by atomic mass is 9.89. The molecule has 0 saturated heterocycles. The summed E-state index contributed by atoms with van der Waals surface area (Å²) in [7, 11) is 0. The minimum Gasteiger partial charge on any atom is -0.452 e. The minimum absolute atomic E-state index is 0.625. The van der Waals surface area contributed by atoms with Crippen molar-refractivity contribution < 1.29 is 4.42 Å². The second kappa shape index (κ2) is 10.6. The second-order valence-corrected chi connectivity index (χ2v) is 14.5. The highest BCUT2D eigenvalue weighted by Gasteiger charge is 2.25. The predicted molar refractivity (Wildman–Crippen MR) is 214 cm³/mol. The van der Waals surface area contributed by atoms with Gasteiger partial charge in [-0.2, -0.15) is 0 Å². The van der Waals surface area contributed by atoms with Gasteiger partial charge in [-0.3, -0.25) is 4.57 Å². The molecule has 0 amide bonds. The first-order valence-corrected chi connectivity index (χ1v) is 18.1. The lowest BCUT2D eigenvalue weighted by Crippen LogP contribution is -2.04. The molecule has 0 bridgehead atoms. The Kier molecular flexibility index (Phi) is 5.93. The molecule has 0 fully saturated rings. The highest BCUT2D eigenvalue weighted by molar-refractivity contribution is 7.25. The lowest BCUT2D eigenvalue weighted by molar-refractivity contribution is 0.666. The van der Waals surface area contributed by atoms with Crippen molar-refractivity contribution in [2.75, 3.05) is 0 Å². The zero-order chi connectivity index (χ0) is 33.8. The average molecular weight is 672 g/mol. The van der Waals surface area contributed by atoms with Crippen molar-refractivity contribution in [3.63, 3.8) is 0 Å². The average Bonchev–Trinajstić information content (AvgIpc) is 3.85. The van der Waals surface area contributed by atoms with Crippen LogP contribution in [0.15, 0.2) is 144 Å². The molecule has 0 aliphatic heterocycles. The molecule has 0 aliphatic rings. The van der Waals surface area contributed by atoms with Gasteiger partial charge < -0.3 is 4.42 Å². The van der Waals surface area contributed by atoms with E-state index in [1.54, 1.807) is 0 Å².